The average molecular weight is 275 g/mol. The minimum absolute atomic E-state index is 0.886. The fourth-order valence-electron chi connectivity index (χ4n) is 3.45. The Morgan fingerprint density at radius 3 is 1.56 bits per heavy atom. The van der Waals surface area contributed by atoms with Crippen LogP contribution in [0.3, 0.4) is 0 Å². The number of unbranched alkanes of at least 4 members (excludes halogenated alkanes) is 2. The van der Waals surface area contributed by atoms with Crippen LogP contribution in [0, 0.1) is 0 Å². The van der Waals surface area contributed by atoms with E-state index >= 15 is 0 Å². The van der Waals surface area contributed by atoms with E-state index in [-0.39, 0.29) is 0 Å². The maximum atomic E-state index is 2.39. The first-order chi connectivity index (χ1) is 8.60. The first kappa shape index (κ1) is 18.4. The van der Waals surface area contributed by atoms with E-state index in [9.17, 15) is 0 Å². The van der Waals surface area contributed by atoms with Gasteiger partial charge in [-0.05, 0) is 0 Å². The summed E-state index contributed by atoms with van der Waals surface area (Å²) in [6.07, 6.45) is 15.0. The predicted octanol–water partition coefficient (Wildman–Crippen LogP) is 4.70. The summed E-state index contributed by atoms with van der Waals surface area (Å²) in [5, 5.41) is 0. The molecule has 0 aliphatic heterocycles. The van der Waals surface area contributed by atoms with Gasteiger partial charge in [0.05, 0.1) is 0 Å². The quantitative estimate of drug-likeness (QED) is 0.369. The Labute approximate surface area is 117 Å². The monoisotopic (exact) mass is 275 g/mol. The van der Waals surface area contributed by atoms with E-state index in [1.807, 2.05) is 0 Å². The Morgan fingerprint density at radius 1 is 0.667 bits per heavy atom. The van der Waals surface area contributed by atoms with Crippen molar-refractivity contribution in [3.8, 4) is 0 Å². The number of hydrogen-bond acceptors (Lipinski definition) is 1. The topological polar surface area (TPSA) is 3.24 Å². The first-order valence-corrected chi connectivity index (χ1v) is 11.1. The van der Waals surface area contributed by atoms with Gasteiger partial charge in [0.15, 0.2) is 0 Å². The van der Waals surface area contributed by atoms with Crippen molar-refractivity contribution in [1.82, 2.24) is 4.90 Å². The standard InChI is InChI=1S/C16H38NP/c1-6-13-18(14-7-2,15-8-3)16-11-9-10-12-17(4)5/h18H,6-16H2,1-5H3. The Kier molecular flexibility index (Phi) is 11.5. The van der Waals surface area contributed by atoms with Crippen molar-refractivity contribution in [2.75, 3.05) is 45.3 Å². The van der Waals surface area contributed by atoms with Crippen LogP contribution in [0.5, 0.6) is 0 Å². The zero-order chi connectivity index (χ0) is 13.9. The van der Waals surface area contributed by atoms with Gasteiger partial charge in [-0.2, -0.15) is 0 Å². The van der Waals surface area contributed by atoms with Crippen LogP contribution in [-0.4, -0.2) is 50.2 Å². The van der Waals surface area contributed by atoms with Crippen LogP contribution in [0.25, 0.3) is 0 Å². The van der Waals surface area contributed by atoms with E-state index in [2.05, 4.69) is 39.8 Å². The Hall–Kier alpha value is 0.390. The van der Waals surface area contributed by atoms with Crippen molar-refractivity contribution in [3.05, 3.63) is 0 Å². The number of hydrogen-bond donors (Lipinski definition) is 0. The third kappa shape index (κ3) is 8.48. The van der Waals surface area contributed by atoms with Crippen LogP contribution in [-0.2, 0) is 0 Å². The van der Waals surface area contributed by atoms with Crippen LogP contribution in [0.1, 0.15) is 59.3 Å². The second kappa shape index (κ2) is 11.2. The number of rotatable bonds is 12. The molecular formula is C16H38NP. The van der Waals surface area contributed by atoms with Crippen molar-refractivity contribution >= 4 is 7.26 Å². The summed E-state index contributed by atoms with van der Waals surface area (Å²) in [6.45, 7) is 8.43. The van der Waals surface area contributed by atoms with Crippen LogP contribution in [0.15, 0.2) is 0 Å². The summed E-state index contributed by atoms with van der Waals surface area (Å²) in [6, 6.07) is 0. The third-order valence-electron chi connectivity index (χ3n) is 4.15. The van der Waals surface area contributed by atoms with Crippen LogP contribution < -0.4 is 0 Å². The molecule has 0 aliphatic carbocycles. The second-order valence-electron chi connectivity index (χ2n) is 6.36. The molecule has 1 nitrogen and oxygen atoms in total. The van der Waals surface area contributed by atoms with Gasteiger partial charge in [0.25, 0.3) is 0 Å². The molecule has 0 amide bonds. The average Bonchev–Trinajstić information content (AvgIpc) is 2.29. The Balaban J connectivity index is 4.04. The Bertz CT molecular complexity index is 163. The molecule has 0 rings (SSSR count). The van der Waals surface area contributed by atoms with Crippen LogP contribution in [0.2, 0.25) is 0 Å². The van der Waals surface area contributed by atoms with Crippen molar-refractivity contribution in [2.45, 2.75) is 59.3 Å². The van der Waals surface area contributed by atoms with Gasteiger partial charge >= 0.3 is 117 Å². The third-order valence-corrected chi connectivity index (χ3v) is 10.2. The van der Waals surface area contributed by atoms with E-state index in [0.29, 0.717) is 0 Å². The summed E-state index contributed by atoms with van der Waals surface area (Å²) in [5.41, 5.74) is 0. The molecule has 18 heavy (non-hydrogen) atoms. The van der Waals surface area contributed by atoms with Gasteiger partial charge in [-0.1, -0.05) is 0 Å². The molecule has 0 bridgehead atoms. The van der Waals surface area contributed by atoms with Crippen molar-refractivity contribution < 1.29 is 0 Å². The molecule has 0 aliphatic rings. The minimum atomic E-state index is -0.886. The van der Waals surface area contributed by atoms with Gasteiger partial charge < -0.3 is 0 Å². The van der Waals surface area contributed by atoms with Gasteiger partial charge in [0.2, 0.25) is 0 Å². The molecule has 0 saturated carbocycles. The second-order valence-corrected chi connectivity index (χ2v) is 11.4. The molecule has 0 saturated heterocycles. The number of nitrogens with zero attached hydrogens (tertiary/aromatic N) is 1. The van der Waals surface area contributed by atoms with Crippen molar-refractivity contribution in [2.24, 2.45) is 0 Å². The molecule has 0 fully saturated rings. The van der Waals surface area contributed by atoms with Crippen LogP contribution in [0.4, 0.5) is 0 Å². The fraction of sp³-hybridized carbons (Fsp3) is 1.00. The maximum absolute atomic E-state index is 2.39. The SMILES string of the molecule is CCC[PH](CCC)(CCC)CCCCCN(C)C. The van der Waals surface area contributed by atoms with Gasteiger partial charge in [-0.15, -0.1) is 0 Å². The van der Waals surface area contributed by atoms with E-state index in [1.54, 1.807) is 24.6 Å². The summed E-state index contributed by atoms with van der Waals surface area (Å²) < 4.78 is 0. The van der Waals surface area contributed by atoms with Gasteiger partial charge in [0, 0.05) is 0 Å². The van der Waals surface area contributed by atoms with Crippen molar-refractivity contribution in [1.29, 1.82) is 0 Å². The molecule has 0 aromatic heterocycles. The molecular weight excluding hydrogens is 237 g/mol. The summed E-state index contributed by atoms with van der Waals surface area (Å²) in [4.78, 5) is 2.31. The molecule has 0 unspecified atom stereocenters. The molecule has 2 heteroatoms. The van der Waals surface area contributed by atoms with Gasteiger partial charge in [0.1, 0.15) is 0 Å². The zero-order valence-corrected chi connectivity index (χ0v) is 14.7. The van der Waals surface area contributed by atoms with Crippen molar-refractivity contribution in [3.63, 3.8) is 0 Å². The molecule has 0 spiro atoms. The van der Waals surface area contributed by atoms with Crippen LogP contribution >= 0.6 is 7.26 Å². The zero-order valence-electron chi connectivity index (χ0n) is 13.7. The van der Waals surface area contributed by atoms with E-state index < -0.39 is 7.26 Å². The molecule has 0 radical (unpaired) electrons. The summed E-state index contributed by atoms with van der Waals surface area (Å²) >= 11 is 0. The normalized spacial score (nSPS) is 13.2. The fourth-order valence-corrected chi connectivity index (χ4v) is 9.13. The molecule has 0 aromatic carbocycles. The van der Waals surface area contributed by atoms with E-state index in [0.717, 1.165) is 0 Å². The molecule has 0 atom stereocenters. The summed E-state index contributed by atoms with van der Waals surface area (Å²) in [7, 11) is 3.48. The van der Waals surface area contributed by atoms with E-state index in [4.69, 9.17) is 0 Å². The molecule has 112 valence electrons. The summed E-state index contributed by atoms with van der Waals surface area (Å²) in [5.74, 6) is 0. The van der Waals surface area contributed by atoms with Gasteiger partial charge in [-0.3, -0.25) is 0 Å². The van der Waals surface area contributed by atoms with E-state index in [1.165, 1.54) is 45.1 Å². The first-order valence-electron chi connectivity index (χ1n) is 8.25. The predicted molar refractivity (Wildman–Crippen MR) is 91.1 cm³/mol. The molecule has 0 aromatic rings. The van der Waals surface area contributed by atoms with Gasteiger partial charge in [-0.25, -0.2) is 0 Å². The Morgan fingerprint density at radius 2 is 1.17 bits per heavy atom. The molecule has 0 N–H and O–H groups in total. The molecule has 0 heterocycles.